The number of carbonyl (C=O) groups is 1. The normalized spacial score (nSPS) is 39.5. The minimum absolute atomic E-state index is 0.308. The molecule has 2 aliphatic heterocycles. The fraction of sp³-hybridized carbons (Fsp3) is 0.917. The van der Waals surface area contributed by atoms with Gasteiger partial charge in [0, 0.05) is 12.1 Å². The van der Waals surface area contributed by atoms with Gasteiger partial charge in [-0.15, -0.1) is 0 Å². The smallest absolute Gasteiger partial charge is 0.210 e. The third-order valence-electron chi connectivity index (χ3n) is 4.02. The Morgan fingerprint density at radius 3 is 2.47 bits per heavy atom. The molecule has 0 aromatic heterocycles. The van der Waals surface area contributed by atoms with Gasteiger partial charge in [0.2, 0.25) is 6.41 Å². The predicted molar refractivity (Wildman–Crippen MR) is 58.4 cm³/mol. The summed E-state index contributed by atoms with van der Waals surface area (Å²) in [7, 11) is 0. The molecule has 3 heteroatoms. The average Bonchev–Trinajstić information content (AvgIpc) is 2.48. The number of aliphatic hydroxyl groups is 1. The lowest BCUT2D eigenvalue weighted by Gasteiger charge is -2.42. The van der Waals surface area contributed by atoms with E-state index < -0.39 is 5.60 Å². The fourth-order valence-corrected chi connectivity index (χ4v) is 3.24. The number of amides is 1. The van der Waals surface area contributed by atoms with Crippen LogP contribution in [0.1, 0.15) is 51.9 Å². The van der Waals surface area contributed by atoms with Crippen molar-refractivity contribution < 1.29 is 9.90 Å². The van der Waals surface area contributed by atoms with E-state index in [0.717, 1.165) is 51.4 Å². The minimum atomic E-state index is -0.485. The molecule has 15 heavy (non-hydrogen) atoms. The Morgan fingerprint density at radius 2 is 2.00 bits per heavy atom. The lowest BCUT2D eigenvalue weighted by atomic mass is 9.82. The molecule has 2 heterocycles. The first-order valence-electron chi connectivity index (χ1n) is 6.13. The van der Waals surface area contributed by atoms with E-state index in [4.69, 9.17) is 0 Å². The van der Waals surface area contributed by atoms with Crippen LogP contribution in [0.5, 0.6) is 0 Å². The van der Waals surface area contributed by atoms with E-state index in [-0.39, 0.29) is 0 Å². The van der Waals surface area contributed by atoms with Crippen molar-refractivity contribution in [3.05, 3.63) is 0 Å². The summed E-state index contributed by atoms with van der Waals surface area (Å²) >= 11 is 0. The second-order valence-corrected chi connectivity index (χ2v) is 5.17. The molecule has 86 valence electrons. The Morgan fingerprint density at radius 1 is 1.40 bits per heavy atom. The summed E-state index contributed by atoms with van der Waals surface area (Å²) in [6.45, 7) is 2.15. The van der Waals surface area contributed by atoms with Gasteiger partial charge < -0.3 is 10.0 Å². The van der Waals surface area contributed by atoms with Gasteiger partial charge in [0.25, 0.3) is 0 Å². The molecule has 0 radical (unpaired) electrons. The molecule has 1 amide bonds. The molecular formula is C12H21NO2. The highest BCUT2D eigenvalue weighted by Crippen LogP contribution is 2.41. The number of hydrogen-bond donors (Lipinski definition) is 1. The molecular weight excluding hydrogens is 190 g/mol. The predicted octanol–water partition coefficient (Wildman–Crippen LogP) is 1.69. The molecule has 2 rings (SSSR count). The minimum Gasteiger partial charge on any atom is -0.390 e. The molecule has 2 atom stereocenters. The van der Waals surface area contributed by atoms with E-state index in [1.54, 1.807) is 0 Å². The maximum atomic E-state index is 10.9. The maximum absolute atomic E-state index is 10.9. The summed E-state index contributed by atoms with van der Waals surface area (Å²) in [5.74, 6) is 0. The fourth-order valence-electron chi connectivity index (χ4n) is 3.24. The van der Waals surface area contributed by atoms with E-state index in [2.05, 4.69) is 6.92 Å². The van der Waals surface area contributed by atoms with Gasteiger partial charge in [-0.1, -0.05) is 19.8 Å². The van der Waals surface area contributed by atoms with E-state index in [9.17, 15) is 9.90 Å². The average molecular weight is 211 g/mol. The standard InChI is InChI=1S/C12H21NO2/c1-2-3-6-12(15)7-10-4-5-11(8-12)13(10)9-14/h9-11,15H,2-8H2,1H3. The summed E-state index contributed by atoms with van der Waals surface area (Å²) in [4.78, 5) is 12.8. The third-order valence-corrected chi connectivity index (χ3v) is 4.02. The molecule has 2 fully saturated rings. The van der Waals surface area contributed by atoms with Crippen LogP contribution < -0.4 is 0 Å². The van der Waals surface area contributed by atoms with E-state index >= 15 is 0 Å². The molecule has 2 aliphatic rings. The van der Waals surface area contributed by atoms with Gasteiger partial charge >= 0.3 is 0 Å². The highest BCUT2D eigenvalue weighted by Gasteiger charge is 2.46. The molecule has 2 saturated heterocycles. The molecule has 0 aromatic carbocycles. The molecule has 0 aromatic rings. The number of carbonyl (C=O) groups excluding carboxylic acids is 1. The van der Waals surface area contributed by atoms with E-state index in [0.29, 0.717) is 12.1 Å². The van der Waals surface area contributed by atoms with Crippen LogP contribution >= 0.6 is 0 Å². The lowest BCUT2D eigenvalue weighted by molar-refractivity contribution is -0.128. The highest BCUT2D eigenvalue weighted by molar-refractivity contribution is 5.50. The van der Waals surface area contributed by atoms with Crippen LogP contribution in [-0.2, 0) is 4.79 Å². The first-order chi connectivity index (χ1) is 7.18. The second-order valence-electron chi connectivity index (χ2n) is 5.17. The van der Waals surface area contributed by atoms with Crippen molar-refractivity contribution in [2.75, 3.05) is 0 Å². The van der Waals surface area contributed by atoms with Crippen LogP contribution in [0.2, 0.25) is 0 Å². The summed E-state index contributed by atoms with van der Waals surface area (Å²) in [6, 6.07) is 0.617. The zero-order valence-electron chi connectivity index (χ0n) is 9.48. The Kier molecular flexibility index (Phi) is 3.01. The van der Waals surface area contributed by atoms with E-state index in [1.165, 1.54) is 0 Å². The summed E-state index contributed by atoms with van der Waals surface area (Å²) in [5, 5.41) is 10.5. The van der Waals surface area contributed by atoms with Gasteiger partial charge in [-0.3, -0.25) is 4.79 Å². The quantitative estimate of drug-likeness (QED) is 0.719. The number of unbranched alkanes of at least 4 members (excludes halogenated alkanes) is 1. The molecule has 1 N–H and O–H groups in total. The molecule has 0 aliphatic carbocycles. The third kappa shape index (κ3) is 2.03. The monoisotopic (exact) mass is 211 g/mol. The van der Waals surface area contributed by atoms with Crippen LogP contribution in [0.15, 0.2) is 0 Å². The van der Waals surface area contributed by atoms with Gasteiger partial charge in [0.05, 0.1) is 5.60 Å². The molecule has 3 nitrogen and oxygen atoms in total. The van der Waals surface area contributed by atoms with Crippen molar-refractivity contribution in [3.8, 4) is 0 Å². The Bertz CT molecular complexity index is 228. The summed E-state index contributed by atoms with van der Waals surface area (Å²) in [6.07, 6.45) is 7.86. The van der Waals surface area contributed by atoms with Gasteiger partial charge in [-0.25, -0.2) is 0 Å². The second kappa shape index (κ2) is 4.12. The first kappa shape index (κ1) is 10.9. The Labute approximate surface area is 91.5 Å². The van der Waals surface area contributed by atoms with Crippen molar-refractivity contribution in [2.45, 2.75) is 69.6 Å². The number of hydrogen-bond acceptors (Lipinski definition) is 2. The SMILES string of the molecule is CCCCC1(O)CC2CCC(C1)N2C=O. The molecule has 0 saturated carbocycles. The van der Waals surface area contributed by atoms with Crippen molar-refractivity contribution in [2.24, 2.45) is 0 Å². The summed E-state index contributed by atoms with van der Waals surface area (Å²) in [5.41, 5.74) is -0.485. The number of fused-ring (bicyclic) bond motifs is 2. The molecule has 2 unspecified atom stereocenters. The first-order valence-corrected chi connectivity index (χ1v) is 6.13. The van der Waals surface area contributed by atoms with Crippen molar-refractivity contribution in [3.63, 3.8) is 0 Å². The van der Waals surface area contributed by atoms with Crippen LogP contribution in [0, 0.1) is 0 Å². The van der Waals surface area contributed by atoms with E-state index in [1.807, 2.05) is 4.90 Å². The maximum Gasteiger partial charge on any atom is 0.210 e. The Balaban J connectivity index is 2.00. The van der Waals surface area contributed by atoms with Gasteiger partial charge in [-0.2, -0.15) is 0 Å². The van der Waals surface area contributed by atoms with Crippen LogP contribution in [-0.4, -0.2) is 34.1 Å². The highest BCUT2D eigenvalue weighted by atomic mass is 16.3. The van der Waals surface area contributed by atoms with Crippen molar-refractivity contribution in [1.29, 1.82) is 0 Å². The van der Waals surface area contributed by atoms with Crippen molar-refractivity contribution >= 4 is 6.41 Å². The van der Waals surface area contributed by atoms with Crippen LogP contribution in [0.4, 0.5) is 0 Å². The number of nitrogens with zero attached hydrogens (tertiary/aromatic N) is 1. The topological polar surface area (TPSA) is 40.5 Å². The lowest BCUT2D eigenvalue weighted by Crippen LogP contribution is -2.50. The molecule has 0 spiro atoms. The van der Waals surface area contributed by atoms with Gasteiger partial charge in [0.15, 0.2) is 0 Å². The van der Waals surface area contributed by atoms with Gasteiger partial charge in [0.1, 0.15) is 0 Å². The van der Waals surface area contributed by atoms with Crippen LogP contribution in [0.25, 0.3) is 0 Å². The van der Waals surface area contributed by atoms with Crippen LogP contribution in [0.3, 0.4) is 0 Å². The summed E-state index contributed by atoms with van der Waals surface area (Å²) < 4.78 is 0. The largest absolute Gasteiger partial charge is 0.390 e. The Hall–Kier alpha value is -0.570. The molecule has 2 bridgehead atoms. The van der Waals surface area contributed by atoms with Crippen molar-refractivity contribution in [1.82, 2.24) is 4.90 Å². The van der Waals surface area contributed by atoms with Gasteiger partial charge in [-0.05, 0) is 32.1 Å². The number of rotatable bonds is 4. The zero-order chi connectivity index (χ0) is 10.9. The zero-order valence-corrected chi connectivity index (χ0v) is 9.48. The number of piperidine rings is 1.